The Morgan fingerprint density at radius 1 is 1.21 bits per heavy atom. The Labute approximate surface area is 112 Å². The maximum absolute atomic E-state index is 11.7. The standard InChI is InChI=1S/C13H19N3O3/c1-9(14)12(17)15-7-8-16-13(18)10-3-5-11(19-2)6-4-10/h3-6,9H,7-8,14H2,1-2H3,(H,15,17)(H,16,18)/t9-/m0/s1. The van der Waals surface area contributed by atoms with Crippen LogP contribution in [0, 0.1) is 0 Å². The van der Waals surface area contributed by atoms with E-state index in [4.69, 9.17) is 10.5 Å². The van der Waals surface area contributed by atoms with Gasteiger partial charge in [0.15, 0.2) is 0 Å². The lowest BCUT2D eigenvalue weighted by Gasteiger charge is -2.09. The number of ether oxygens (including phenoxy) is 1. The Bertz CT molecular complexity index is 429. The molecule has 0 radical (unpaired) electrons. The second-order valence-corrected chi connectivity index (χ2v) is 4.06. The minimum Gasteiger partial charge on any atom is -0.497 e. The van der Waals surface area contributed by atoms with Crippen molar-refractivity contribution in [3.63, 3.8) is 0 Å². The molecule has 0 aliphatic heterocycles. The minimum absolute atomic E-state index is 0.197. The Balaban J connectivity index is 2.33. The van der Waals surface area contributed by atoms with Crippen LogP contribution in [0.25, 0.3) is 0 Å². The van der Waals surface area contributed by atoms with Crippen molar-refractivity contribution in [3.05, 3.63) is 29.8 Å². The van der Waals surface area contributed by atoms with E-state index >= 15 is 0 Å². The average Bonchev–Trinajstić information content (AvgIpc) is 2.43. The Morgan fingerprint density at radius 3 is 2.32 bits per heavy atom. The first-order chi connectivity index (χ1) is 9.04. The van der Waals surface area contributed by atoms with Crippen LogP contribution in [-0.2, 0) is 4.79 Å². The summed E-state index contributed by atoms with van der Waals surface area (Å²) in [7, 11) is 1.57. The molecule has 4 N–H and O–H groups in total. The summed E-state index contributed by atoms with van der Waals surface area (Å²) >= 11 is 0. The lowest BCUT2D eigenvalue weighted by Crippen LogP contribution is -2.42. The largest absolute Gasteiger partial charge is 0.497 e. The molecule has 6 heteroatoms. The van der Waals surface area contributed by atoms with E-state index in [1.54, 1.807) is 38.3 Å². The summed E-state index contributed by atoms with van der Waals surface area (Å²) in [4.78, 5) is 22.9. The fourth-order valence-electron chi connectivity index (χ4n) is 1.37. The lowest BCUT2D eigenvalue weighted by molar-refractivity contribution is -0.121. The molecule has 0 spiro atoms. The van der Waals surface area contributed by atoms with Gasteiger partial charge in [-0.25, -0.2) is 0 Å². The van der Waals surface area contributed by atoms with Crippen molar-refractivity contribution in [2.45, 2.75) is 13.0 Å². The number of hydrogen-bond donors (Lipinski definition) is 3. The molecule has 0 unspecified atom stereocenters. The van der Waals surface area contributed by atoms with Gasteiger partial charge in [0, 0.05) is 18.7 Å². The number of amides is 2. The molecule has 0 aliphatic rings. The quantitative estimate of drug-likeness (QED) is 0.626. The van der Waals surface area contributed by atoms with E-state index < -0.39 is 6.04 Å². The molecule has 0 saturated heterocycles. The summed E-state index contributed by atoms with van der Waals surface area (Å²) in [5.74, 6) is 0.261. The lowest BCUT2D eigenvalue weighted by atomic mass is 10.2. The molecule has 104 valence electrons. The smallest absolute Gasteiger partial charge is 0.251 e. The highest BCUT2D eigenvalue weighted by molar-refractivity contribution is 5.94. The van der Waals surface area contributed by atoms with Crippen LogP contribution in [0.2, 0.25) is 0 Å². The SMILES string of the molecule is COc1ccc(C(=O)NCCNC(=O)[C@H](C)N)cc1. The number of rotatable bonds is 6. The summed E-state index contributed by atoms with van der Waals surface area (Å²) in [5.41, 5.74) is 5.93. The topological polar surface area (TPSA) is 93.5 Å². The molecule has 0 heterocycles. The number of benzene rings is 1. The van der Waals surface area contributed by atoms with Crippen LogP contribution < -0.4 is 21.1 Å². The molecule has 1 atom stereocenters. The van der Waals surface area contributed by atoms with Gasteiger partial charge in [0.1, 0.15) is 5.75 Å². The van der Waals surface area contributed by atoms with Gasteiger partial charge in [-0.15, -0.1) is 0 Å². The maximum atomic E-state index is 11.7. The predicted octanol–water partition coefficient (Wildman–Crippen LogP) is -0.112. The van der Waals surface area contributed by atoms with Crippen molar-refractivity contribution < 1.29 is 14.3 Å². The first-order valence-electron chi connectivity index (χ1n) is 6.00. The predicted molar refractivity (Wildman–Crippen MR) is 72.0 cm³/mol. The third-order valence-electron chi connectivity index (χ3n) is 2.48. The number of carbonyl (C=O) groups is 2. The second-order valence-electron chi connectivity index (χ2n) is 4.06. The first-order valence-corrected chi connectivity index (χ1v) is 6.00. The Morgan fingerprint density at radius 2 is 1.79 bits per heavy atom. The molecule has 6 nitrogen and oxygen atoms in total. The van der Waals surface area contributed by atoms with Crippen molar-refractivity contribution >= 4 is 11.8 Å². The van der Waals surface area contributed by atoms with Gasteiger partial charge >= 0.3 is 0 Å². The number of carbonyl (C=O) groups excluding carboxylic acids is 2. The van der Waals surface area contributed by atoms with Crippen LogP contribution in [0.15, 0.2) is 24.3 Å². The Kier molecular flexibility index (Phi) is 5.81. The molecule has 2 amide bonds. The molecule has 0 aliphatic carbocycles. The van der Waals surface area contributed by atoms with Crippen molar-refractivity contribution in [1.29, 1.82) is 0 Å². The zero-order valence-corrected chi connectivity index (χ0v) is 11.1. The van der Waals surface area contributed by atoms with Gasteiger partial charge in [0.05, 0.1) is 13.2 Å². The monoisotopic (exact) mass is 265 g/mol. The molecule has 0 aromatic heterocycles. The molecular formula is C13H19N3O3. The summed E-state index contributed by atoms with van der Waals surface area (Å²) < 4.78 is 5.01. The highest BCUT2D eigenvalue weighted by Crippen LogP contribution is 2.10. The zero-order valence-electron chi connectivity index (χ0n) is 11.1. The third-order valence-corrected chi connectivity index (χ3v) is 2.48. The molecule has 1 rings (SSSR count). The van der Waals surface area contributed by atoms with Crippen molar-refractivity contribution in [2.75, 3.05) is 20.2 Å². The van der Waals surface area contributed by atoms with E-state index in [-0.39, 0.29) is 11.8 Å². The summed E-state index contributed by atoms with van der Waals surface area (Å²) in [6, 6.07) is 6.24. The number of nitrogens with one attached hydrogen (secondary N) is 2. The van der Waals surface area contributed by atoms with Gasteiger partial charge in [-0.3, -0.25) is 9.59 Å². The molecule has 0 fully saturated rings. The maximum Gasteiger partial charge on any atom is 0.251 e. The van der Waals surface area contributed by atoms with Crippen LogP contribution in [0.3, 0.4) is 0 Å². The summed E-state index contributed by atoms with van der Waals surface area (Å²) in [6.07, 6.45) is 0. The fourth-order valence-corrected chi connectivity index (χ4v) is 1.37. The van der Waals surface area contributed by atoms with Gasteiger partial charge in [-0.2, -0.15) is 0 Å². The molecular weight excluding hydrogens is 246 g/mol. The van der Waals surface area contributed by atoms with Crippen molar-refractivity contribution in [3.8, 4) is 5.75 Å². The molecule has 1 aromatic carbocycles. The van der Waals surface area contributed by atoms with Crippen LogP contribution >= 0.6 is 0 Å². The van der Waals surface area contributed by atoms with Crippen molar-refractivity contribution in [2.24, 2.45) is 5.73 Å². The van der Waals surface area contributed by atoms with Gasteiger partial charge in [0.25, 0.3) is 5.91 Å². The van der Waals surface area contributed by atoms with E-state index in [0.29, 0.717) is 24.4 Å². The summed E-state index contributed by atoms with van der Waals surface area (Å²) in [6.45, 7) is 2.30. The van der Waals surface area contributed by atoms with E-state index in [0.717, 1.165) is 0 Å². The van der Waals surface area contributed by atoms with Crippen molar-refractivity contribution in [1.82, 2.24) is 10.6 Å². The van der Waals surface area contributed by atoms with Gasteiger partial charge in [0.2, 0.25) is 5.91 Å². The number of hydrogen-bond acceptors (Lipinski definition) is 4. The minimum atomic E-state index is -0.544. The van der Waals surface area contributed by atoms with Gasteiger partial charge in [-0.1, -0.05) is 0 Å². The zero-order chi connectivity index (χ0) is 14.3. The number of methoxy groups -OCH3 is 1. The normalized spacial score (nSPS) is 11.5. The molecule has 1 aromatic rings. The van der Waals surface area contributed by atoms with E-state index in [9.17, 15) is 9.59 Å². The van der Waals surface area contributed by atoms with Gasteiger partial charge in [-0.05, 0) is 31.2 Å². The average molecular weight is 265 g/mol. The highest BCUT2D eigenvalue weighted by atomic mass is 16.5. The Hall–Kier alpha value is -2.08. The van der Waals surface area contributed by atoms with E-state index in [1.807, 2.05) is 0 Å². The van der Waals surface area contributed by atoms with E-state index in [2.05, 4.69) is 10.6 Å². The van der Waals surface area contributed by atoms with Crippen LogP contribution in [-0.4, -0.2) is 38.1 Å². The highest BCUT2D eigenvalue weighted by Gasteiger charge is 2.07. The fraction of sp³-hybridized carbons (Fsp3) is 0.385. The van der Waals surface area contributed by atoms with Crippen LogP contribution in [0.5, 0.6) is 5.75 Å². The van der Waals surface area contributed by atoms with Crippen LogP contribution in [0.4, 0.5) is 0 Å². The molecule has 0 saturated carbocycles. The second kappa shape index (κ2) is 7.38. The molecule has 19 heavy (non-hydrogen) atoms. The van der Waals surface area contributed by atoms with E-state index in [1.165, 1.54) is 0 Å². The number of nitrogens with two attached hydrogens (primary N) is 1. The molecule has 0 bridgehead atoms. The third kappa shape index (κ3) is 4.97. The van der Waals surface area contributed by atoms with Crippen LogP contribution in [0.1, 0.15) is 17.3 Å². The first kappa shape index (κ1) is 15.0. The van der Waals surface area contributed by atoms with Gasteiger partial charge < -0.3 is 21.1 Å². The summed E-state index contributed by atoms with van der Waals surface area (Å²) in [5, 5.41) is 5.30.